The van der Waals surface area contributed by atoms with Crippen LogP contribution in [0.4, 0.5) is 11.4 Å². The number of carbonyl (C=O) groups is 1. The molecular formula is C17H17N3O. The van der Waals surface area contributed by atoms with E-state index in [-0.39, 0.29) is 5.91 Å². The van der Waals surface area contributed by atoms with Gasteiger partial charge in [-0.15, -0.1) is 0 Å². The van der Waals surface area contributed by atoms with Gasteiger partial charge in [0.1, 0.15) is 0 Å². The largest absolute Gasteiger partial charge is 0.399 e. The lowest BCUT2D eigenvalue weighted by Gasteiger charge is -2.22. The monoisotopic (exact) mass is 279 g/mol. The van der Waals surface area contributed by atoms with Crippen LogP contribution in [0.1, 0.15) is 21.5 Å². The molecule has 1 aliphatic heterocycles. The summed E-state index contributed by atoms with van der Waals surface area (Å²) in [6.45, 7) is 3.17. The topological polar surface area (TPSA) is 58.7 Å². The molecule has 4 heteroatoms. The summed E-state index contributed by atoms with van der Waals surface area (Å²) in [6.07, 6.45) is 1.79. The van der Waals surface area contributed by atoms with E-state index < -0.39 is 0 Å². The smallest absolute Gasteiger partial charge is 0.258 e. The molecule has 2 N–H and O–H groups in total. The predicted molar refractivity (Wildman–Crippen MR) is 86.2 cm³/mol. The van der Waals surface area contributed by atoms with Crippen LogP contribution in [0.15, 0.2) is 47.5 Å². The number of nitrogen functional groups attached to an aromatic ring is 1. The molecule has 0 bridgehead atoms. The van der Waals surface area contributed by atoms with E-state index in [1.54, 1.807) is 11.1 Å². The van der Waals surface area contributed by atoms with Crippen LogP contribution in [-0.4, -0.2) is 25.2 Å². The molecule has 0 aromatic heterocycles. The highest BCUT2D eigenvalue weighted by atomic mass is 16.2. The van der Waals surface area contributed by atoms with Crippen LogP contribution in [0.25, 0.3) is 0 Å². The van der Waals surface area contributed by atoms with Gasteiger partial charge in [-0.25, -0.2) is 0 Å². The molecule has 0 unspecified atom stereocenters. The van der Waals surface area contributed by atoms with Gasteiger partial charge in [0.15, 0.2) is 0 Å². The minimum Gasteiger partial charge on any atom is -0.399 e. The number of fused-ring (bicyclic) bond motifs is 1. The Kier molecular flexibility index (Phi) is 3.44. The lowest BCUT2D eigenvalue weighted by Crippen LogP contribution is -2.33. The summed E-state index contributed by atoms with van der Waals surface area (Å²) in [6, 6.07) is 13.2. The number of aryl methyl sites for hydroxylation is 1. The van der Waals surface area contributed by atoms with Gasteiger partial charge in [-0.2, -0.15) is 0 Å². The van der Waals surface area contributed by atoms with E-state index >= 15 is 0 Å². The SMILES string of the molecule is Cc1ccc(C(=O)N2CCN=Cc3cc(N)ccc32)cc1. The number of hydrogen-bond donors (Lipinski definition) is 1. The summed E-state index contributed by atoms with van der Waals surface area (Å²) < 4.78 is 0. The van der Waals surface area contributed by atoms with E-state index in [2.05, 4.69) is 4.99 Å². The van der Waals surface area contributed by atoms with E-state index in [0.29, 0.717) is 24.3 Å². The van der Waals surface area contributed by atoms with Gasteiger partial charge in [0.25, 0.3) is 5.91 Å². The molecule has 0 atom stereocenters. The van der Waals surface area contributed by atoms with Crippen molar-refractivity contribution >= 4 is 23.5 Å². The maximum absolute atomic E-state index is 12.8. The fourth-order valence-electron chi connectivity index (χ4n) is 2.43. The highest BCUT2D eigenvalue weighted by Crippen LogP contribution is 2.25. The molecule has 3 rings (SSSR count). The van der Waals surface area contributed by atoms with Crippen molar-refractivity contribution in [3.8, 4) is 0 Å². The summed E-state index contributed by atoms with van der Waals surface area (Å²) >= 11 is 0. The number of nitrogens with zero attached hydrogens (tertiary/aromatic N) is 2. The number of nitrogens with two attached hydrogens (primary N) is 1. The highest BCUT2D eigenvalue weighted by Gasteiger charge is 2.21. The van der Waals surface area contributed by atoms with Gasteiger partial charge in [-0.1, -0.05) is 17.7 Å². The average Bonchev–Trinajstić information content (AvgIpc) is 2.69. The number of anilines is 2. The van der Waals surface area contributed by atoms with E-state index in [1.807, 2.05) is 49.4 Å². The third-order valence-electron chi connectivity index (χ3n) is 3.57. The number of carbonyl (C=O) groups excluding carboxylic acids is 1. The maximum Gasteiger partial charge on any atom is 0.258 e. The van der Waals surface area contributed by atoms with Crippen molar-refractivity contribution in [1.82, 2.24) is 0 Å². The van der Waals surface area contributed by atoms with Crippen molar-refractivity contribution in [2.24, 2.45) is 4.99 Å². The zero-order valence-electron chi connectivity index (χ0n) is 11.9. The van der Waals surface area contributed by atoms with Crippen molar-refractivity contribution in [2.45, 2.75) is 6.92 Å². The molecule has 1 heterocycles. The van der Waals surface area contributed by atoms with E-state index in [4.69, 9.17) is 5.73 Å². The first-order chi connectivity index (χ1) is 10.1. The second kappa shape index (κ2) is 5.40. The Morgan fingerprint density at radius 3 is 2.71 bits per heavy atom. The minimum absolute atomic E-state index is 0.00785. The Bertz CT molecular complexity index is 704. The van der Waals surface area contributed by atoms with Crippen LogP contribution in [-0.2, 0) is 0 Å². The number of benzodiazepines with no additional fused rings is 1. The lowest BCUT2D eigenvalue weighted by atomic mass is 10.1. The third kappa shape index (κ3) is 2.65. The van der Waals surface area contributed by atoms with Crippen molar-refractivity contribution in [2.75, 3.05) is 23.7 Å². The second-order valence-electron chi connectivity index (χ2n) is 5.18. The number of amides is 1. The molecule has 0 fully saturated rings. The fourth-order valence-corrected chi connectivity index (χ4v) is 2.43. The van der Waals surface area contributed by atoms with Crippen LogP contribution in [0.3, 0.4) is 0 Å². The maximum atomic E-state index is 12.8. The van der Waals surface area contributed by atoms with Crippen LogP contribution in [0, 0.1) is 6.92 Å². The van der Waals surface area contributed by atoms with Gasteiger partial charge < -0.3 is 10.6 Å². The predicted octanol–water partition coefficient (Wildman–Crippen LogP) is 2.66. The minimum atomic E-state index is -0.00785. The Labute approximate surface area is 123 Å². The molecule has 21 heavy (non-hydrogen) atoms. The van der Waals surface area contributed by atoms with Crippen molar-refractivity contribution in [1.29, 1.82) is 0 Å². The summed E-state index contributed by atoms with van der Waals surface area (Å²) in [5.74, 6) is -0.00785. The average molecular weight is 279 g/mol. The molecule has 2 aromatic rings. The van der Waals surface area contributed by atoms with Crippen LogP contribution in [0.2, 0.25) is 0 Å². The molecule has 0 saturated carbocycles. The summed E-state index contributed by atoms with van der Waals surface area (Å²) in [4.78, 5) is 18.8. The zero-order chi connectivity index (χ0) is 14.8. The quantitative estimate of drug-likeness (QED) is 0.816. The van der Waals surface area contributed by atoms with Gasteiger partial charge in [0, 0.05) is 29.6 Å². The van der Waals surface area contributed by atoms with Gasteiger partial charge in [0.2, 0.25) is 0 Å². The molecule has 106 valence electrons. The van der Waals surface area contributed by atoms with Crippen molar-refractivity contribution < 1.29 is 4.79 Å². The molecule has 0 aliphatic carbocycles. The molecule has 1 aliphatic rings. The van der Waals surface area contributed by atoms with Crippen LogP contribution in [0.5, 0.6) is 0 Å². The molecule has 4 nitrogen and oxygen atoms in total. The van der Waals surface area contributed by atoms with E-state index in [0.717, 1.165) is 16.8 Å². The molecule has 0 saturated heterocycles. The van der Waals surface area contributed by atoms with Gasteiger partial charge in [-0.3, -0.25) is 9.79 Å². The Morgan fingerprint density at radius 1 is 1.19 bits per heavy atom. The summed E-state index contributed by atoms with van der Waals surface area (Å²) in [7, 11) is 0. The number of rotatable bonds is 1. The van der Waals surface area contributed by atoms with E-state index in [9.17, 15) is 4.79 Å². The van der Waals surface area contributed by atoms with Crippen molar-refractivity contribution in [3.05, 3.63) is 59.2 Å². The van der Waals surface area contributed by atoms with Gasteiger partial charge in [0.05, 0.1) is 12.2 Å². The standard InChI is InChI=1S/C17H17N3O/c1-12-2-4-13(5-3-12)17(21)20-9-8-19-11-14-10-15(18)6-7-16(14)20/h2-7,10-11H,8-9,18H2,1H3. The number of benzene rings is 2. The molecule has 0 spiro atoms. The summed E-state index contributed by atoms with van der Waals surface area (Å²) in [5.41, 5.74) is 10.1. The first kappa shape index (κ1) is 13.4. The van der Waals surface area contributed by atoms with Crippen LogP contribution >= 0.6 is 0 Å². The lowest BCUT2D eigenvalue weighted by molar-refractivity contribution is 0.0988. The van der Waals surface area contributed by atoms with Gasteiger partial charge in [-0.05, 0) is 37.3 Å². The Morgan fingerprint density at radius 2 is 1.95 bits per heavy atom. The van der Waals surface area contributed by atoms with Crippen molar-refractivity contribution in [3.63, 3.8) is 0 Å². The third-order valence-corrected chi connectivity index (χ3v) is 3.57. The molecular weight excluding hydrogens is 262 g/mol. The first-order valence-electron chi connectivity index (χ1n) is 6.93. The second-order valence-corrected chi connectivity index (χ2v) is 5.18. The van der Waals surface area contributed by atoms with Crippen LogP contribution < -0.4 is 10.6 Å². The summed E-state index contributed by atoms with van der Waals surface area (Å²) in [5, 5.41) is 0. The van der Waals surface area contributed by atoms with E-state index in [1.165, 1.54) is 0 Å². The van der Waals surface area contributed by atoms with Gasteiger partial charge >= 0.3 is 0 Å². The number of hydrogen-bond acceptors (Lipinski definition) is 3. The first-order valence-corrected chi connectivity index (χ1v) is 6.93. The Balaban J connectivity index is 2.00. The zero-order valence-corrected chi connectivity index (χ0v) is 11.9. The highest BCUT2D eigenvalue weighted by molar-refractivity contribution is 6.09. The molecule has 1 amide bonds. The Hall–Kier alpha value is -2.62. The normalized spacial score (nSPS) is 13.7. The molecule has 0 radical (unpaired) electrons. The number of aliphatic imine (C=N–C) groups is 1. The molecule has 2 aromatic carbocycles. The fraction of sp³-hybridized carbons (Fsp3) is 0.176.